The van der Waals surface area contributed by atoms with E-state index in [9.17, 15) is 4.79 Å². The molecule has 3 aromatic rings. The summed E-state index contributed by atoms with van der Waals surface area (Å²) in [5.41, 5.74) is 0.458. The second-order valence-electron chi connectivity index (χ2n) is 4.39. The van der Waals surface area contributed by atoms with E-state index in [2.05, 4.69) is 25.9 Å². The van der Waals surface area contributed by atoms with Crippen molar-refractivity contribution < 1.29 is 4.74 Å². The molecule has 0 aliphatic carbocycles. The van der Waals surface area contributed by atoms with Crippen LogP contribution in [0.3, 0.4) is 0 Å². The van der Waals surface area contributed by atoms with E-state index >= 15 is 0 Å². The molecule has 0 fully saturated rings. The summed E-state index contributed by atoms with van der Waals surface area (Å²) >= 11 is 9.41. The highest BCUT2D eigenvalue weighted by molar-refractivity contribution is 9.10. The molecule has 21 heavy (non-hydrogen) atoms. The number of rotatable bonds is 3. The second-order valence-corrected chi connectivity index (χ2v) is 5.72. The SMILES string of the molecule is O=c1[nH]c(COc2cc(Br)ccc2Cl)nc2ccccc12. The van der Waals surface area contributed by atoms with Gasteiger partial charge in [-0.05, 0) is 30.3 Å². The number of nitrogens with zero attached hydrogens (tertiary/aromatic N) is 1. The summed E-state index contributed by atoms with van der Waals surface area (Å²) < 4.78 is 6.48. The van der Waals surface area contributed by atoms with Gasteiger partial charge in [-0.15, -0.1) is 0 Å². The van der Waals surface area contributed by atoms with Gasteiger partial charge in [0.15, 0.2) is 0 Å². The number of aromatic amines is 1. The minimum atomic E-state index is -0.181. The Labute approximate surface area is 133 Å². The highest BCUT2D eigenvalue weighted by atomic mass is 79.9. The Morgan fingerprint density at radius 1 is 1.24 bits per heavy atom. The Bertz CT molecular complexity index is 864. The zero-order chi connectivity index (χ0) is 14.8. The number of hydrogen-bond acceptors (Lipinski definition) is 3. The minimum Gasteiger partial charge on any atom is -0.484 e. The molecule has 0 bridgehead atoms. The zero-order valence-electron chi connectivity index (χ0n) is 10.8. The van der Waals surface area contributed by atoms with Gasteiger partial charge in [0.2, 0.25) is 0 Å². The molecule has 0 unspecified atom stereocenters. The van der Waals surface area contributed by atoms with E-state index in [0.29, 0.717) is 27.5 Å². The average molecular weight is 366 g/mol. The Balaban J connectivity index is 1.88. The molecule has 0 saturated heterocycles. The highest BCUT2D eigenvalue weighted by Gasteiger charge is 2.06. The predicted molar refractivity (Wildman–Crippen MR) is 85.8 cm³/mol. The Morgan fingerprint density at radius 3 is 2.90 bits per heavy atom. The molecule has 2 aromatic carbocycles. The van der Waals surface area contributed by atoms with E-state index in [1.807, 2.05) is 12.1 Å². The summed E-state index contributed by atoms with van der Waals surface area (Å²) in [6, 6.07) is 12.5. The van der Waals surface area contributed by atoms with Gasteiger partial charge in [-0.3, -0.25) is 4.79 Å². The number of halogens is 2. The van der Waals surface area contributed by atoms with Crippen LogP contribution >= 0.6 is 27.5 Å². The highest BCUT2D eigenvalue weighted by Crippen LogP contribution is 2.28. The lowest BCUT2D eigenvalue weighted by Crippen LogP contribution is -2.13. The first-order valence-corrected chi connectivity index (χ1v) is 7.36. The Kier molecular flexibility index (Phi) is 3.94. The van der Waals surface area contributed by atoms with Crippen LogP contribution in [0.1, 0.15) is 5.82 Å². The van der Waals surface area contributed by atoms with Crippen LogP contribution in [-0.4, -0.2) is 9.97 Å². The van der Waals surface area contributed by atoms with Gasteiger partial charge < -0.3 is 9.72 Å². The zero-order valence-corrected chi connectivity index (χ0v) is 13.1. The van der Waals surface area contributed by atoms with Crippen molar-refractivity contribution in [2.24, 2.45) is 0 Å². The summed E-state index contributed by atoms with van der Waals surface area (Å²) in [6.45, 7) is 0.135. The van der Waals surface area contributed by atoms with Gasteiger partial charge >= 0.3 is 0 Å². The molecule has 0 atom stereocenters. The van der Waals surface area contributed by atoms with Gasteiger partial charge in [0.05, 0.1) is 15.9 Å². The monoisotopic (exact) mass is 364 g/mol. The van der Waals surface area contributed by atoms with E-state index < -0.39 is 0 Å². The number of ether oxygens (including phenoxy) is 1. The molecule has 106 valence electrons. The number of benzene rings is 2. The Morgan fingerprint density at radius 2 is 2.05 bits per heavy atom. The fraction of sp³-hybridized carbons (Fsp3) is 0.0667. The molecule has 1 heterocycles. The number of para-hydroxylation sites is 1. The number of nitrogens with one attached hydrogen (secondary N) is 1. The number of fused-ring (bicyclic) bond motifs is 1. The lowest BCUT2D eigenvalue weighted by molar-refractivity contribution is 0.296. The van der Waals surface area contributed by atoms with Crippen LogP contribution in [0.4, 0.5) is 0 Å². The molecule has 1 N–H and O–H groups in total. The van der Waals surface area contributed by atoms with E-state index in [1.54, 1.807) is 30.3 Å². The van der Waals surface area contributed by atoms with Crippen molar-refractivity contribution >= 4 is 38.4 Å². The topological polar surface area (TPSA) is 55.0 Å². The van der Waals surface area contributed by atoms with Crippen molar-refractivity contribution in [3.8, 4) is 5.75 Å². The molecule has 0 saturated carbocycles. The van der Waals surface area contributed by atoms with E-state index in [4.69, 9.17) is 16.3 Å². The number of H-pyrrole nitrogens is 1. The average Bonchev–Trinajstić information content (AvgIpc) is 2.48. The molecule has 0 spiro atoms. The van der Waals surface area contributed by atoms with Crippen molar-refractivity contribution in [2.45, 2.75) is 6.61 Å². The van der Waals surface area contributed by atoms with Crippen LogP contribution in [0.2, 0.25) is 5.02 Å². The maximum Gasteiger partial charge on any atom is 0.258 e. The fourth-order valence-electron chi connectivity index (χ4n) is 1.94. The molecule has 0 aliphatic heterocycles. The van der Waals surface area contributed by atoms with Gasteiger partial charge in [0.1, 0.15) is 18.2 Å². The first-order chi connectivity index (χ1) is 10.1. The van der Waals surface area contributed by atoms with E-state index in [0.717, 1.165) is 4.47 Å². The summed E-state index contributed by atoms with van der Waals surface area (Å²) in [5.74, 6) is 0.983. The summed E-state index contributed by atoms with van der Waals surface area (Å²) in [6.07, 6.45) is 0. The molecule has 0 aliphatic rings. The molecule has 1 aromatic heterocycles. The maximum atomic E-state index is 11.9. The van der Waals surface area contributed by atoms with Crippen LogP contribution in [0, 0.1) is 0 Å². The molecule has 3 rings (SSSR count). The van der Waals surface area contributed by atoms with Crippen molar-refractivity contribution in [3.05, 3.63) is 68.1 Å². The first kappa shape index (κ1) is 14.1. The summed E-state index contributed by atoms with van der Waals surface area (Å²) in [4.78, 5) is 19.0. The largest absolute Gasteiger partial charge is 0.484 e. The maximum absolute atomic E-state index is 11.9. The molecule has 0 amide bonds. The first-order valence-electron chi connectivity index (χ1n) is 6.19. The van der Waals surface area contributed by atoms with Crippen LogP contribution in [0.25, 0.3) is 10.9 Å². The number of hydrogen-bond donors (Lipinski definition) is 1. The third-order valence-electron chi connectivity index (χ3n) is 2.92. The van der Waals surface area contributed by atoms with Crippen LogP contribution in [-0.2, 0) is 6.61 Å². The minimum absolute atomic E-state index is 0.135. The van der Waals surface area contributed by atoms with Gasteiger partial charge in [-0.2, -0.15) is 0 Å². The lowest BCUT2D eigenvalue weighted by atomic mass is 10.2. The summed E-state index contributed by atoms with van der Waals surface area (Å²) in [5, 5.41) is 1.06. The third kappa shape index (κ3) is 3.09. The van der Waals surface area contributed by atoms with Gasteiger partial charge in [-0.1, -0.05) is 39.7 Å². The van der Waals surface area contributed by atoms with E-state index in [1.165, 1.54) is 0 Å². The van der Waals surface area contributed by atoms with Crippen LogP contribution in [0.5, 0.6) is 5.75 Å². The van der Waals surface area contributed by atoms with Crippen molar-refractivity contribution in [1.29, 1.82) is 0 Å². The van der Waals surface area contributed by atoms with Gasteiger partial charge in [0, 0.05) is 4.47 Å². The van der Waals surface area contributed by atoms with Gasteiger partial charge in [-0.25, -0.2) is 4.98 Å². The standard InChI is InChI=1S/C15H10BrClN2O2/c16-9-5-6-11(17)13(7-9)21-8-14-18-12-4-2-1-3-10(12)15(20)19-14/h1-7H,8H2,(H,18,19,20). The van der Waals surface area contributed by atoms with Crippen LogP contribution < -0.4 is 10.3 Å². The molecular weight excluding hydrogens is 356 g/mol. The number of aromatic nitrogens is 2. The van der Waals surface area contributed by atoms with Gasteiger partial charge in [0.25, 0.3) is 5.56 Å². The Hall–Kier alpha value is -1.85. The molecule has 6 heteroatoms. The van der Waals surface area contributed by atoms with Crippen molar-refractivity contribution in [2.75, 3.05) is 0 Å². The second kappa shape index (κ2) is 5.87. The predicted octanol–water partition coefficient (Wildman–Crippen LogP) is 3.92. The molecule has 0 radical (unpaired) electrons. The summed E-state index contributed by atoms with van der Waals surface area (Å²) in [7, 11) is 0. The molecule has 4 nitrogen and oxygen atoms in total. The smallest absolute Gasteiger partial charge is 0.258 e. The quantitative estimate of drug-likeness (QED) is 0.765. The van der Waals surface area contributed by atoms with E-state index in [-0.39, 0.29) is 12.2 Å². The normalized spacial score (nSPS) is 10.8. The molecular formula is C15H10BrClN2O2. The lowest BCUT2D eigenvalue weighted by Gasteiger charge is -2.08. The third-order valence-corrected chi connectivity index (χ3v) is 3.73. The van der Waals surface area contributed by atoms with Crippen molar-refractivity contribution in [1.82, 2.24) is 9.97 Å². The fourth-order valence-corrected chi connectivity index (χ4v) is 2.45. The van der Waals surface area contributed by atoms with Crippen molar-refractivity contribution in [3.63, 3.8) is 0 Å². The van der Waals surface area contributed by atoms with Crippen LogP contribution in [0.15, 0.2) is 51.7 Å².